The Labute approximate surface area is 120 Å². The highest BCUT2D eigenvalue weighted by Crippen LogP contribution is 2.25. The standard InChI is InChI=1S/C12H13ClN2OS2/c1-8(11(16)15-12-14-6-7-17-12)18-10-4-2-9(13)3-5-10/h2-5,8H,6-7H2,1H3,(H,14,15,16)/t8-/m0/s1. The summed E-state index contributed by atoms with van der Waals surface area (Å²) in [5.41, 5.74) is 0. The van der Waals surface area contributed by atoms with Crippen molar-refractivity contribution in [1.82, 2.24) is 5.32 Å². The Morgan fingerprint density at radius 3 is 2.83 bits per heavy atom. The van der Waals surface area contributed by atoms with E-state index in [9.17, 15) is 4.79 Å². The minimum Gasteiger partial charge on any atom is -0.304 e. The highest BCUT2D eigenvalue weighted by molar-refractivity contribution is 8.14. The van der Waals surface area contributed by atoms with Crippen LogP contribution in [0.3, 0.4) is 0 Å². The first-order valence-corrected chi connectivity index (χ1v) is 7.80. The van der Waals surface area contributed by atoms with Gasteiger partial charge in [0.15, 0.2) is 5.17 Å². The Morgan fingerprint density at radius 1 is 1.50 bits per heavy atom. The van der Waals surface area contributed by atoms with Crippen LogP contribution in [0.15, 0.2) is 34.2 Å². The minimum atomic E-state index is -0.157. The lowest BCUT2D eigenvalue weighted by atomic mass is 10.4. The summed E-state index contributed by atoms with van der Waals surface area (Å²) in [7, 11) is 0. The van der Waals surface area contributed by atoms with E-state index in [1.54, 1.807) is 11.8 Å². The van der Waals surface area contributed by atoms with E-state index in [2.05, 4.69) is 10.3 Å². The number of carbonyl (C=O) groups excluding carboxylic acids is 1. The lowest BCUT2D eigenvalue weighted by Gasteiger charge is -2.11. The number of nitrogens with zero attached hydrogens (tertiary/aromatic N) is 1. The second-order valence-corrected chi connectivity index (χ2v) is 6.67. The van der Waals surface area contributed by atoms with Crippen molar-refractivity contribution >= 4 is 46.2 Å². The molecule has 0 bridgehead atoms. The van der Waals surface area contributed by atoms with Gasteiger partial charge in [0.05, 0.1) is 11.8 Å². The highest BCUT2D eigenvalue weighted by atomic mass is 35.5. The summed E-state index contributed by atoms with van der Waals surface area (Å²) in [6.45, 7) is 2.67. The van der Waals surface area contributed by atoms with Gasteiger partial charge < -0.3 is 5.32 Å². The van der Waals surface area contributed by atoms with Crippen LogP contribution in [0, 0.1) is 0 Å². The Kier molecular flexibility index (Phi) is 4.97. The van der Waals surface area contributed by atoms with Crippen LogP contribution in [-0.4, -0.2) is 28.6 Å². The number of thioether (sulfide) groups is 2. The van der Waals surface area contributed by atoms with E-state index in [1.807, 2.05) is 31.2 Å². The van der Waals surface area contributed by atoms with E-state index in [0.717, 1.165) is 22.4 Å². The third kappa shape index (κ3) is 3.93. The van der Waals surface area contributed by atoms with Crippen molar-refractivity contribution < 1.29 is 4.79 Å². The van der Waals surface area contributed by atoms with Gasteiger partial charge >= 0.3 is 0 Å². The molecule has 3 nitrogen and oxygen atoms in total. The predicted molar refractivity (Wildman–Crippen MR) is 79.7 cm³/mol. The number of benzene rings is 1. The van der Waals surface area contributed by atoms with Gasteiger partial charge in [-0.25, -0.2) is 0 Å². The zero-order chi connectivity index (χ0) is 13.0. The molecule has 96 valence electrons. The van der Waals surface area contributed by atoms with Gasteiger partial charge in [0.2, 0.25) is 5.91 Å². The lowest BCUT2D eigenvalue weighted by Crippen LogP contribution is -2.33. The van der Waals surface area contributed by atoms with Crippen molar-refractivity contribution in [2.45, 2.75) is 17.1 Å². The van der Waals surface area contributed by atoms with Crippen LogP contribution in [0.5, 0.6) is 0 Å². The summed E-state index contributed by atoms with van der Waals surface area (Å²) >= 11 is 8.91. The summed E-state index contributed by atoms with van der Waals surface area (Å²) < 4.78 is 0. The van der Waals surface area contributed by atoms with Gasteiger partial charge in [0.1, 0.15) is 0 Å². The molecule has 0 spiro atoms. The largest absolute Gasteiger partial charge is 0.304 e. The number of hydrogen-bond acceptors (Lipinski definition) is 4. The fourth-order valence-corrected chi connectivity index (χ4v) is 3.11. The van der Waals surface area contributed by atoms with Crippen molar-refractivity contribution in [1.29, 1.82) is 0 Å². The van der Waals surface area contributed by atoms with Gasteiger partial charge in [-0.3, -0.25) is 9.79 Å². The number of amides is 1. The zero-order valence-electron chi connectivity index (χ0n) is 9.85. The van der Waals surface area contributed by atoms with E-state index < -0.39 is 0 Å². The maximum Gasteiger partial charge on any atom is 0.239 e. The lowest BCUT2D eigenvalue weighted by molar-refractivity contribution is -0.118. The molecule has 1 aliphatic rings. The molecule has 0 unspecified atom stereocenters. The quantitative estimate of drug-likeness (QED) is 0.872. The van der Waals surface area contributed by atoms with Crippen LogP contribution < -0.4 is 5.32 Å². The van der Waals surface area contributed by atoms with Crippen molar-refractivity contribution in [2.24, 2.45) is 4.99 Å². The second-order valence-electron chi connectivity index (χ2n) is 3.74. The average molecular weight is 301 g/mol. The predicted octanol–water partition coefficient (Wildman–Crippen LogP) is 3.04. The highest BCUT2D eigenvalue weighted by Gasteiger charge is 2.17. The zero-order valence-corrected chi connectivity index (χ0v) is 12.2. The first-order valence-electron chi connectivity index (χ1n) is 5.55. The van der Waals surface area contributed by atoms with Crippen LogP contribution in [0.4, 0.5) is 0 Å². The number of nitrogens with one attached hydrogen (secondary N) is 1. The molecule has 1 amide bonds. The van der Waals surface area contributed by atoms with E-state index in [-0.39, 0.29) is 11.2 Å². The molecule has 1 N–H and O–H groups in total. The third-order valence-electron chi connectivity index (χ3n) is 2.31. The molecule has 0 aliphatic carbocycles. The van der Waals surface area contributed by atoms with Crippen LogP contribution in [0.25, 0.3) is 0 Å². The van der Waals surface area contributed by atoms with Crippen LogP contribution in [-0.2, 0) is 4.79 Å². The normalized spacial score (nSPS) is 16.2. The number of carbonyl (C=O) groups is 1. The molecule has 6 heteroatoms. The van der Waals surface area contributed by atoms with E-state index in [4.69, 9.17) is 11.6 Å². The Morgan fingerprint density at radius 2 is 2.22 bits per heavy atom. The van der Waals surface area contributed by atoms with Gasteiger partial charge in [0.25, 0.3) is 0 Å². The molecule has 0 saturated carbocycles. The van der Waals surface area contributed by atoms with Crippen molar-refractivity contribution in [3.8, 4) is 0 Å². The number of rotatable bonds is 3. The summed E-state index contributed by atoms with van der Waals surface area (Å²) in [4.78, 5) is 17.1. The molecular weight excluding hydrogens is 288 g/mol. The topological polar surface area (TPSA) is 41.5 Å². The van der Waals surface area contributed by atoms with Crippen molar-refractivity contribution in [3.63, 3.8) is 0 Å². The smallest absolute Gasteiger partial charge is 0.239 e. The second kappa shape index (κ2) is 6.50. The molecule has 0 radical (unpaired) electrons. The van der Waals surface area contributed by atoms with E-state index in [0.29, 0.717) is 5.02 Å². The minimum absolute atomic E-state index is 0.0110. The Hall–Kier alpha value is -0.650. The molecule has 1 aromatic carbocycles. The number of hydrogen-bond donors (Lipinski definition) is 1. The molecule has 1 aliphatic heterocycles. The average Bonchev–Trinajstić information content (AvgIpc) is 2.85. The molecule has 0 aromatic heterocycles. The molecule has 1 aromatic rings. The Bertz CT molecular complexity index is 462. The van der Waals surface area contributed by atoms with Gasteiger partial charge in [-0.2, -0.15) is 0 Å². The van der Waals surface area contributed by atoms with Crippen molar-refractivity contribution in [2.75, 3.05) is 12.3 Å². The third-order valence-corrected chi connectivity index (χ3v) is 4.57. The van der Waals surface area contributed by atoms with Crippen molar-refractivity contribution in [3.05, 3.63) is 29.3 Å². The van der Waals surface area contributed by atoms with Gasteiger partial charge in [-0.05, 0) is 31.2 Å². The van der Waals surface area contributed by atoms with E-state index in [1.165, 1.54) is 11.8 Å². The fraction of sp³-hybridized carbons (Fsp3) is 0.333. The maximum atomic E-state index is 11.9. The van der Waals surface area contributed by atoms with E-state index >= 15 is 0 Å². The molecule has 18 heavy (non-hydrogen) atoms. The maximum absolute atomic E-state index is 11.9. The van der Waals surface area contributed by atoms with Crippen LogP contribution >= 0.6 is 35.1 Å². The number of aliphatic imine (C=N–C) groups is 1. The van der Waals surface area contributed by atoms with Gasteiger partial charge in [-0.1, -0.05) is 23.4 Å². The Balaban J connectivity index is 1.88. The monoisotopic (exact) mass is 300 g/mol. The summed E-state index contributed by atoms with van der Waals surface area (Å²) in [5.74, 6) is 0.942. The van der Waals surface area contributed by atoms with Crippen LogP contribution in [0.1, 0.15) is 6.92 Å². The molecule has 1 heterocycles. The number of halogens is 1. The molecule has 1 atom stereocenters. The summed E-state index contributed by atoms with van der Waals surface area (Å²) in [6, 6.07) is 7.48. The molecule has 0 saturated heterocycles. The van der Waals surface area contributed by atoms with Gasteiger partial charge in [0, 0.05) is 15.7 Å². The number of amidine groups is 1. The molecule has 2 rings (SSSR count). The van der Waals surface area contributed by atoms with Crippen LogP contribution in [0.2, 0.25) is 5.02 Å². The first kappa shape index (κ1) is 13.8. The summed E-state index contributed by atoms with van der Waals surface area (Å²) in [6.07, 6.45) is 0. The van der Waals surface area contributed by atoms with Gasteiger partial charge in [-0.15, -0.1) is 11.8 Å². The molecular formula is C12H13ClN2OS2. The fourth-order valence-electron chi connectivity index (χ4n) is 1.39. The molecule has 0 fully saturated rings. The SMILES string of the molecule is C[C@H](Sc1ccc(Cl)cc1)C(=O)NC1=NCCS1. The summed E-state index contributed by atoms with van der Waals surface area (Å²) in [5, 5.41) is 4.12. The first-order chi connectivity index (χ1) is 8.65.